The fraction of sp³-hybridized carbons (Fsp3) is 0.720. The van der Waals surface area contributed by atoms with Gasteiger partial charge in [0, 0.05) is 57.1 Å². The van der Waals surface area contributed by atoms with Crippen LogP contribution in [-0.4, -0.2) is 70.0 Å². The molecule has 2 atom stereocenters. The summed E-state index contributed by atoms with van der Waals surface area (Å²) < 4.78 is 45.6. The van der Waals surface area contributed by atoms with Crippen molar-refractivity contribution in [3.05, 3.63) is 33.6 Å². The smallest absolute Gasteiger partial charge is 0.381 e. The quantitative estimate of drug-likeness (QED) is 0.411. The molecular weight excluding hydrogens is 493 g/mol. The topological polar surface area (TPSA) is 106 Å². The molecule has 3 heterocycles. The number of rotatable bonds is 6. The molecule has 1 aromatic heterocycles. The lowest BCUT2D eigenvalue weighted by molar-refractivity contribution is -0.385. The molecule has 9 nitrogen and oxygen atoms in total. The fourth-order valence-electron chi connectivity index (χ4n) is 6.14. The van der Waals surface area contributed by atoms with Gasteiger partial charge in [0.25, 0.3) is 5.69 Å². The number of alkyl halides is 3. The van der Waals surface area contributed by atoms with Gasteiger partial charge in [-0.15, -0.1) is 0 Å². The summed E-state index contributed by atoms with van der Waals surface area (Å²) in [7, 11) is 0. The van der Waals surface area contributed by atoms with E-state index in [1.165, 1.54) is 12.3 Å². The number of nitrogens with zero attached hydrogens (tertiary/aromatic N) is 4. The minimum atomic E-state index is -4.96. The number of aromatic nitrogens is 1. The number of carbonyl (C=O) groups excluding carboxylic acids is 2. The summed E-state index contributed by atoms with van der Waals surface area (Å²) in [5, 5.41) is 11.2. The average Bonchev–Trinajstić information content (AvgIpc) is 3.31. The van der Waals surface area contributed by atoms with Crippen LogP contribution in [0.1, 0.15) is 57.2 Å². The van der Waals surface area contributed by atoms with Gasteiger partial charge in [-0.05, 0) is 49.5 Å². The largest absolute Gasteiger partial charge is 0.471 e. The summed E-state index contributed by atoms with van der Waals surface area (Å²) in [6.45, 7) is 5.12. The van der Waals surface area contributed by atoms with E-state index in [9.17, 15) is 32.9 Å². The van der Waals surface area contributed by atoms with E-state index in [1.54, 1.807) is 4.90 Å². The van der Waals surface area contributed by atoms with Crippen molar-refractivity contribution in [3.8, 4) is 0 Å². The van der Waals surface area contributed by atoms with Gasteiger partial charge < -0.3 is 14.5 Å². The van der Waals surface area contributed by atoms with Crippen molar-refractivity contribution in [1.29, 1.82) is 0 Å². The number of pyridine rings is 1. The Hall–Kier alpha value is -2.76. The van der Waals surface area contributed by atoms with Gasteiger partial charge in [-0.2, -0.15) is 13.2 Å². The average molecular weight is 527 g/mol. The van der Waals surface area contributed by atoms with Crippen molar-refractivity contribution in [1.82, 2.24) is 14.8 Å². The molecule has 4 rings (SSSR count). The Labute approximate surface area is 213 Å². The summed E-state index contributed by atoms with van der Waals surface area (Å²) >= 11 is 0. The second-order valence-corrected chi connectivity index (χ2v) is 10.8. The lowest BCUT2D eigenvalue weighted by atomic mass is 9.73. The van der Waals surface area contributed by atoms with Crippen molar-refractivity contribution in [3.63, 3.8) is 0 Å². The minimum Gasteiger partial charge on any atom is -0.381 e. The predicted molar refractivity (Wildman–Crippen MR) is 126 cm³/mol. The van der Waals surface area contributed by atoms with Crippen molar-refractivity contribution < 1.29 is 32.4 Å². The van der Waals surface area contributed by atoms with Gasteiger partial charge in [0.2, 0.25) is 5.91 Å². The fourth-order valence-corrected chi connectivity index (χ4v) is 6.14. The number of halogens is 3. The predicted octanol–water partition coefficient (Wildman–Crippen LogP) is 3.89. The lowest BCUT2D eigenvalue weighted by Gasteiger charge is -2.40. The van der Waals surface area contributed by atoms with Gasteiger partial charge in [0.15, 0.2) is 0 Å². The lowest BCUT2D eigenvalue weighted by Crippen LogP contribution is -2.51. The van der Waals surface area contributed by atoms with Crippen LogP contribution in [-0.2, 0) is 27.3 Å². The van der Waals surface area contributed by atoms with Crippen LogP contribution in [0.2, 0.25) is 0 Å². The molecule has 0 spiro atoms. The van der Waals surface area contributed by atoms with E-state index in [0.29, 0.717) is 63.8 Å². The molecule has 12 heteroatoms. The molecule has 1 unspecified atom stereocenters. The first-order valence-electron chi connectivity index (χ1n) is 12.8. The molecule has 0 aromatic carbocycles. The van der Waals surface area contributed by atoms with Crippen molar-refractivity contribution in [2.24, 2.45) is 17.3 Å². The Kier molecular flexibility index (Phi) is 7.77. The summed E-state index contributed by atoms with van der Waals surface area (Å²) in [5.41, 5.74) is 0.480. The molecule has 2 fully saturated rings. The first-order chi connectivity index (χ1) is 17.4. The highest BCUT2D eigenvalue weighted by atomic mass is 19.4. The molecule has 1 aliphatic carbocycles. The Balaban J connectivity index is 1.51. The van der Waals surface area contributed by atoms with Crippen LogP contribution in [0.4, 0.5) is 18.9 Å². The highest BCUT2D eigenvalue weighted by Gasteiger charge is 2.51. The SMILES string of the molecule is CC(C)[C@]1(C(=O)N2CCc3ncc([N+](=O)[O-])cc3C2)CCC(CN(C(=O)C(F)(F)F)C2CCOCC2)C1. The number of carbonyl (C=O) groups is 2. The zero-order valence-electron chi connectivity index (χ0n) is 21.1. The molecule has 2 aliphatic heterocycles. The van der Waals surface area contributed by atoms with Crippen LogP contribution in [0.3, 0.4) is 0 Å². The summed E-state index contributed by atoms with van der Waals surface area (Å²) in [4.78, 5) is 43.8. The van der Waals surface area contributed by atoms with E-state index in [4.69, 9.17) is 4.74 Å². The minimum absolute atomic E-state index is 0.0380. The number of hydrogen-bond acceptors (Lipinski definition) is 6. The van der Waals surface area contributed by atoms with Crippen molar-refractivity contribution in [2.75, 3.05) is 26.3 Å². The third kappa shape index (κ3) is 5.58. The van der Waals surface area contributed by atoms with E-state index >= 15 is 0 Å². The Morgan fingerprint density at radius 3 is 2.62 bits per heavy atom. The molecule has 1 saturated heterocycles. The standard InChI is InChI=1S/C25H33F3N4O5/c1-16(2)24(22(33)30-8-4-21-18(15-30)11-20(13-29-21)32(35)36)7-3-17(12-24)14-31(23(34)25(26,27)28)19-5-9-37-10-6-19/h11,13,16-17,19H,3-10,12,14-15H2,1-2H3/t17?,24-/m0/s1. The van der Waals surface area contributed by atoms with Crippen LogP contribution in [0.25, 0.3) is 0 Å². The maximum Gasteiger partial charge on any atom is 0.471 e. The van der Waals surface area contributed by atoms with Gasteiger partial charge in [-0.1, -0.05) is 13.8 Å². The summed E-state index contributed by atoms with van der Waals surface area (Å²) in [5.74, 6) is -2.21. The third-order valence-corrected chi connectivity index (χ3v) is 8.30. The highest BCUT2D eigenvalue weighted by molar-refractivity contribution is 5.84. The van der Waals surface area contributed by atoms with Gasteiger partial charge >= 0.3 is 12.1 Å². The van der Waals surface area contributed by atoms with E-state index in [1.807, 2.05) is 13.8 Å². The number of nitro groups is 1. The number of hydrogen-bond donors (Lipinski definition) is 0. The first-order valence-corrected chi connectivity index (χ1v) is 12.8. The third-order valence-electron chi connectivity index (χ3n) is 8.30. The zero-order valence-corrected chi connectivity index (χ0v) is 21.1. The Bertz CT molecular complexity index is 1040. The van der Waals surface area contributed by atoms with Crippen LogP contribution in [0, 0.1) is 27.4 Å². The molecule has 2 amide bonds. The maximum absolute atomic E-state index is 13.9. The second-order valence-electron chi connectivity index (χ2n) is 10.8. The summed E-state index contributed by atoms with van der Waals surface area (Å²) in [6, 6.07) is 0.921. The van der Waals surface area contributed by atoms with Gasteiger partial charge in [0.1, 0.15) is 6.20 Å². The van der Waals surface area contributed by atoms with Crippen LogP contribution < -0.4 is 0 Å². The van der Waals surface area contributed by atoms with E-state index < -0.39 is 28.5 Å². The number of fused-ring (bicyclic) bond motifs is 1. The maximum atomic E-state index is 13.9. The van der Waals surface area contributed by atoms with Gasteiger partial charge in [0.05, 0.1) is 10.3 Å². The van der Waals surface area contributed by atoms with Crippen molar-refractivity contribution in [2.45, 2.75) is 71.1 Å². The van der Waals surface area contributed by atoms with Crippen molar-refractivity contribution >= 4 is 17.5 Å². The van der Waals surface area contributed by atoms with E-state index in [0.717, 1.165) is 10.6 Å². The molecule has 0 radical (unpaired) electrons. The number of amides is 2. The Morgan fingerprint density at radius 1 is 1.30 bits per heavy atom. The van der Waals surface area contributed by atoms with E-state index in [-0.39, 0.29) is 36.5 Å². The van der Waals surface area contributed by atoms with Crippen LogP contribution >= 0.6 is 0 Å². The normalized spacial score (nSPS) is 24.7. The molecule has 1 saturated carbocycles. The summed E-state index contributed by atoms with van der Waals surface area (Å²) in [6.07, 6.45) is -1.08. The molecular formula is C25H33F3N4O5. The Morgan fingerprint density at radius 2 is 2.00 bits per heavy atom. The van der Waals surface area contributed by atoms with E-state index in [2.05, 4.69) is 4.98 Å². The second kappa shape index (κ2) is 10.5. The number of ether oxygens (including phenoxy) is 1. The van der Waals surface area contributed by atoms with Crippen LogP contribution in [0.15, 0.2) is 12.3 Å². The molecule has 0 bridgehead atoms. The van der Waals surface area contributed by atoms with Gasteiger partial charge in [-0.25, -0.2) is 0 Å². The molecule has 37 heavy (non-hydrogen) atoms. The van der Waals surface area contributed by atoms with Gasteiger partial charge in [-0.3, -0.25) is 24.7 Å². The molecule has 3 aliphatic rings. The molecule has 1 aromatic rings. The zero-order chi connectivity index (χ0) is 27.0. The monoisotopic (exact) mass is 526 g/mol. The first kappa shape index (κ1) is 27.3. The molecule has 0 N–H and O–H groups in total. The highest BCUT2D eigenvalue weighted by Crippen LogP contribution is 2.49. The van der Waals surface area contributed by atoms with Crippen LogP contribution in [0.5, 0.6) is 0 Å². The molecule has 204 valence electrons.